The lowest BCUT2D eigenvalue weighted by Crippen LogP contribution is -2.40. The molecule has 0 aromatic heterocycles. The van der Waals surface area contributed by atoms with Crippen molar-refractivity contribution in [3.05, 3.63) is 35.4 Å². The van der Waals surface area contributed by atoms with Gasteiger partial charge in [0.25, 0.3) is 0 Å². The van der Waals surface area contributed by atoms with E-state index >= 15 is 0 Å². The van der Waals surface area contributed by atoms with Crippen LogP contribution in [0.5, 0.6) is 0 Å². The number of likely N-dealkylation sites (tertiary alicyclic amines) is 1. The van der Waals surface area contributed by atoms with E-state index in [2.05, 4.69) is 30.9 Å². The fraction of sp³-hybridized carbons (Fsp3) is 0.533. The van der Waals surface area contributed by atoms with Gasteiger partial charge in [0.1, 0.15) is 6.04 Å². The van der Waals surface area contributed by atoms with E-state index in [-0.39, 0.29) is 18.0 Å². The zero-order valence-electron chi connectivity index (χ0n) is 11.3. The Morgan fingerprint density at radius 2 is 2.11 bits per heavy atom. The molecule has 0 saturated carbocycles. The second-order valence-corrected chi connectivity index (χ2v) is 5.32. The van der Waals surface area contributed by atoms with Crippen LogP contribution in [-0.2, 0) is 4.79 Å². The van der Waals surface area contributed by atoms with Gasteiger partial charge in [0.2, 0.25) is 0 Å². The summed E-state index contributed by atoms with van der Waals surface area (Å²) in [7, 11) is 0. The van der Waals surface area contributed by atoms with Crippen molar-refractivity contribution in [3.8, 4) is 0 Å². The van der Waals surface area contributed by atoms with E-state index in [0.29, 0.717) is 0 Å². The molecule has 1 saturated heterocycles. The predicted octanol–water partition coefficient (Wildman–Crippen LogP) is 2.85. The monoisotopic (exact) mass is 247 g/mol. The van der Waals surface area contributed by atoms with Gasteiger partial charge in [0, 0.05) is 6.04 Å². The molecule has 0 amide bonds. The predicted molar refractivity (Wildman–Crippen MR) is 71.5 cm³/mol. The molecule has 1 aliphatic rings. The van der Waals surface area contributed by atoms with Gasteiger partial charge in [0.15, 0.2) is 0 Å². The Morgan fingerprint density at radius 3 is 2.72 bits per heavy atom. The highest BCUT2D eigenvalue weighted by atomic mass is 16.4. The number of nitrogens with zero attached hydrogens (tertiary/aromatic N) is 1. The van der Waals surface area contributed by atoms with Crippen LogP contribution in [0.15, 0.2) is 24.3 Å². The van der Waals surface area contributed by atoms with Crippen LogP contribution in [0, 0.1) is 12.8 Å². The first kappa shape index (κ1) is 13.1. The molecule has 2 rings (SSSR count). The molecule has 3 heteroatoms. The molecule has 0 radical (unpaired) electrons. The zero-order valence-corrected chi connectivity index (χ0v) is 11.3. The highest BCUT2D eigenvalue weighted by Gasteiger charge is 2.39. The third-order valence-electron chi connectivity index (χ3n) is 4.13. The summed E-state index contributed by atoms with van der Waals surface area (Å²) in [6.07, 6.45) is 0.965. The summed E-state index contributed by atoms with van der Waals surface area (Å²) in [4.78, 5) is 13.5. The number of aliphatic carboxylic acids is 1. The summed E-state index contributed by atoms with van der Waals surface area (Å²) in [5, 5.41) is 9.38. The van der Waals surface area contributed by atoms with Crippen LogP contribution in [0.4, 0.5) is 0 Å². The Balaban J connectivity index is 2.26. The number of rotatable bonds is 3. The first-order chi connectivity index (χ1) is 8.52. The van der Waals surface area contributed by atoms with Gasteiger partial charge < -0.3 is 5.11 Å². The minimum Gasteiger partial charge on any atom is -0.480 e. The third kappa shape index (κ3) is 2.27. The second-order valence-electron chi connectivity index (χ2n) is 5.32. The van der Waals surface area contributed by atoms with Crippen molar-refractivity contribution >= 4 is 5.97 Å². The van der Waals surface area contributed by atoms with Crippen molar-refractivity contribution in [3.63, 3.8) is 0 Å². The first-order valence-electron chi connectivity index (χ1n) is 6.56. The summed E-state index contributed by atoms with van der Waals surface area (Å²) in [6.45, 7) is 7.09. The Bertz CT molecular complexity index is 444. The molecule has 3 nitrogen and oxygen atoms in total. The molecule has 0 spiro atoms. The molecule has 1 aromatic rings. The lowest BCUT2D eigenvalue weighted by atomic mass is 9.99. The maximum Gasteiger partial charge on any atom is 0.321 e. The molecule has 3 unspecified atom stereocenters. The Labute approximate surface area is 108 Å². The van der Waals surface area contributed by atoms with Crippen LogP contribution in [0.1, 0.15) is 37.4 Å². The lowest BCUT2D eigenvalue weighted by Gasteiger charge is -2.30. The van der Waals surface area contributed by atoms with Crippen LogP contribution in [-0.4, -0.2) is 28.6 Å². The molecule has 1 fully saturated rings. The van der Waals surface area contributed by atoms with Crippen molar-refractivity contribution < 1.29 is 9.90 Å². The van der Waals surface area contributed by atoms with E-state index in [0.717, 1.165) is 13.0 Å². The number of aryl methyl sites for hydroxylation is 1. The minimum atomic E-state index is -0.694. The summed E-state index contributed by atoms with van der Waals surface area (Å²) < 4.78 is 0. The van der Waals surface area contributed by atoms with Gasteiger partial charge in [0.05, 0.1) is 0 Å². The van der Waals surface area contributed by atoms with Gasteiger partial charge in [-0.2, -0.15) is 0 Å². The average molecular weight is 247 g/mol. The molecule has 3 atom stereocenters. The fourth-order valence-electron chi connectivity index (χ4n) is 3.03. The van der Waals surface area contributed by atoms with Crippen LogP contribution in [0.2, 0.25) is 0 Å². The first-order valence-corrected chi connectivity index (χ1v) is 6.56. The van der Waals surface area contributed by atoms with Gasteiger partial charge in [-0.25, -0.2) is 0 Å². The van der Waals surface area contributed by atoms with Crippen LogP contribution in [0.25, 0.3) is 0 Å². The molecule has 1 heterocycles. The van der Waals surface area contributed by atoms with Gasteiger partial charge in [-0.15, -0.1) is 0 Å². The lowest BCUT2D eigenvalue weighted by molar-refractivity contribution is -0.144. The van der Waals surface area contributed by atoms with Crippen molar-refractivity contribution in [2.24, 2.45) is 5.92 Å². The van der Waals surface area contributed by atoms with Crippen molar-refractivity contribution in [1.82, 2.24) is 4.90 Å². The summed E-state index contributed by atoms with van der Waals surface area (Å²) in [5.74, 6) is -0.464. The maximum atomic E-state index is 11.4. The SMILES string of the molecule is Cc1ccccc1C(C)N1CCC(C)C1C(=O)O. The molecule has 0 bridgehead atoms. The quantitative estimate of drug-likeness (QED) is 0.893. The highest BCUT2D eigenvalue weighted by Crippen LogP contribution is 2.33. The molecule has 1 aromatic carbocycles. The topological polar surface area (TPSA) is 40.5 Å². The minimum absolute atomic E-state index is 0.164. The fourth-order valence-corrected chi connectivity index (χ4v) is 3.03. The zero-order chi connectivity index (χ0) is 13.3. The van der Waals surface area contributed by atoms with E-state index < -0.39 is 5.97 Å². The van der Waals surface area contributed by atoms with E-state index in [1.54, 1.807) is 0 Å². The van der Waals surface area contributed by atoms with Crippen molar-refractivity contribution in [2.75, 3.05) is 6.54 Å². The largest absolute Gasteiger partial charge is 0.480 e. The summed E-state index contributed by atoms with van der Waals surface area (Å²) in [6, 6.07) is 8.04. The van der Waals surface area contributed by atoms with Crippen LogP contribution >= 0.6 is 0 Å². The number of carboxylic acids is 1. The van der Waals surface area contributed by atoms with Gasteiger partial charge in [-0.1, -0.05) is 31.2 Å². The average Bonchev–Trinajstić information content (AvgIpc) is 2.71. The second kappa shape index (κ2) is 5.11. The molecular formula is C15H21NO2. The van der Waals surface area contributed by atoms with E-state index in [4.69, 9.17) is 0 Å². The molecule has 98 valence electrons. The van der Waals surface area contributed by atoms with Crippen molar-refractivity contribution in [2.45, 2.75) is 39.3 Å². The van der Waals surface area contributed by atoms with E-state index in [9.17, 15) is 9.90 Å². The van der Waals surface area contributed by atoms with E-state index in [1.807, 2.05) is 19.1 Å². The standard InChI is InChI=1S/C15H21NO2/c1-10-6-4-5-7-13(10)12(3)16-9-8-11(2)14(16)15(17)18/h4-7,11-12,14H,8-9H2,1-3H3,(H,17,18). The Kier molecular flexibility index (Phi) is 3.71. The van der Waals surface area contributed by atoms with Gasteiger partial charge in [-0.05, 0) is 43.9 Å². The maximum absolute atomic E-state index is 11.4. The Morgan fingerprint density at radius 1 is 1.44 bits per heavy atom. The number of hydrogen-bond acceptors (Lipinski definition) is 2. The van der Waals surface area contributed by atoms with Crippen molar-refractivity contribution in [1.29, 1.82) is 0 Å². The van der Waals surface area contributed by atoms with E-state index in [1.165, 1.54) is 11.1 Å². The highest BCUT2D eigenvalue weighted by molar-refractivity contribution is 5.74. The van der Waals surface area contributed by atoms with Crippen LogP contribution in [0.3, 0.4) is 0 Å². The smallest absolute Gasteiger partial charge is 0.321 e. The third-order valence-corrected chi connectivity index (χ3v) is 4.13. The summed E-state index contributed by atoms with van der Waals surface area (Å²) in [5.41, 5.74) is 2.46. The number of benzene rings is 1. The van der Waals surface area contributed by atoms with Gasteiger partial charge in [-0.3, -0.25) is 9.69 Å². The van der Waals surface area contributed by atoms with Crippen LogP contribution < -0.4 is 0 Å². The normalized spacial score (nSPS) is 26.2. The number of carbonyl (C=O) groups is 1. The Hall–Kier alpha value is -1.35. The summed E-state index contributed by atoms with van der Waals surface area (Å²) >= 11 is 0. The molecule has 1 aliphatic heterocycles. The van der Waals surface area contributed by atoms with Gasteiger partial charge >= 0.3 is 5.97 Å². The molecule has 1 N–H and O–H groups in total. The molecule has 18 heavy (non-hydrogen) atoms. The molecular weight excluding hydrogens is 226 g/mol. The number of hydrogen-bond donors (Lipinski definition) is 1. The molecule has 0 aliphatic carbocycles. The number of carboxylic acid groups (broad SMARTS) is 1.